The molecule has 0 saturated carbocycles. The first-order valence-corrected chi connectivity index (χ1v) is 14.5. The molecule has 0 bridgehead atoms. The lowest BCUT2D eigenvalue weighted by molar-refractivity contribution is -0.139. The summed E-state index contributed by atoms with van der Waals surface area (Å²) in [7, 11) is 0. The summed E-state index contributed by atoms with van der Waals surface area (Å²) in [6, 6.07) is 14.5. The number of para-hydroxylation sites is 1. The molecule has 2 aromatic carbocycles. The topological polar surface area (TPSA) is 120 Å². The van der Waals surface area contributed by atoms with Gasteiger partial charge >= 0.3 is 11.9 Å². The molecule has 0 amide bonds. The van der Waals surface area contributed by atoms with Crippen molar-refractivity contribution in [2.75, 3.05) is 13.2 Å². The lowest BCUT2D eigenvalue weighted by Gasteiger charge is -2.26. The minimum absolute atomic E-state index is 0.0450. The minimum Gasteiger partial charge on any atom is -0.493 e. The zero-order valence-electron chi connectivity index (χ0n) is 23.0. The number of aromatic carboxylic acids is 1. The average molecular weight is 607 g/mol. The Morgan fingerprint density at radius 3 is 2.69 bits per heavy atom. The van der Waals surface area contributed by atoms with Gasteiger partial charge in [-0.3, -0.25) is 9.36 Å². The number of carbonyl (C=O) groups excluding carboxylic acids is 1. The second kappa shape index (κ2) is 12.2. The number of furan rings is 1. The fourth-order valence-electron chi connectivity index (χ4n) is 4.69. The first-order valence-electron chi connectivity index (χ1n) is 13.3. The van der Waals surface area contributed by atoms with Crippen LogP contribution in [0.5, 0.6) is 5.75 Å². The van der Waals surface area contributed by atoms with E-state index in [0.717, 1.165) is 6.42 Å². The molecular formula is C31H27ClN2O7S. The first-order chi connectivity index (χ1) is 20.2. The monoisotopic (exact) mass is 606 g/mol. The van der Waals surface area contributed by atoms with Gasteiger partial charge in [0.15, 0.2) is 4.80 Å². The van der Waals surface area contributed by atoms with Crippen molar-refractivity contribution in [3.05, 3.63) is 107 Å². The lowest BCUT2D eigenvalue weighted by Crippen LogP contribution is -2.40. The summed E-state index contributed by atoms with van der Waals surface area (Å²) in [5.41, 5.74) is 1.48. The molecule has 0 spiro atoms. The minimum atomic E-state index is -1.15. The Bertz CT molecular complexity index is 1900. The highest BCUT2D eigenvalue weighted by Crippen LogP contribution is 2.36. The summed E-state index contributed by atoms with van der Waals surface area (Å²) in [6.07, 6.45) is 2.39. The number of esters is 1. The Labute approximate surface area is 249 Å². The van der Waals surface area contributed by atoms with Crippen LogP contribution in [0, 0.1) is 0 Å². The van der Waals surface area contributed by atoms with Gasteiger partial charge in [0.25, 0.3) is 5.56 Å². The number of ether oxygens (including phenoxy) is 2. The molecule has 216 valence electrons. The second-order valence-electron chi connectivity index (χ2n) is 9.39. The molecule has 11 heteroatoms. The molecule has 4 aromatic rings. The Morgan fingerprint density at radius 2 is 1.95 bits per heavy atom. The van der Waals surface area contributed by atoms with Crippen LogP contribution in [0.1, 0.15) is 54.9 Å². The summed E-state index contributed by atoms with van der Waals surface area (Å²) in [6.45, 7) is 6.09. The summed E-state index contributed by atoms with van der Waals surface area (Å²) < 4.78 is 19.2. The molecule has 0 unspecified atom stereocenters. The van der Waals surface area contributed by atoms with E-state index in [4.69, 9.17) is 25.5 Å². The first kappa shape index (κ1) is 29.1. The summed E-state index contributed by atoms with van der Waals surface area (Å²) in [5, 5.41) is 9.52. The summed E-state index contributed by atoms with van der Waals surface area (Å²) >= 11 is 7.17. The number of allylic oxidation sites excluding steroid dienone is 1. The van der Waals surface area contributed by atoms with Crippen LogP contribution in [-0.2, 0) is 9.53 Å². The van der Waals surface area contributed by atoms with Gasteiger partial charge in [-0.1, -0.05) is 48.1 Å². The van der Waals surface area contributed by atoms with E-state index in [0.29, 0.717) is 50.0 Å². The summed E-state index contributed by atoms with van der Waals surface area (Å²) in [5.74, 6) is -0.346. The number of nitrogens with zero attached hydrogens (tertiary/aromatic N) is 2. The highest BCUT2D eigenvalue weighted by atomic mass is 35.5. The number of carboxylic acids is 1. The maximum absolute atomic E-state index is 13.9. The van der Waals surface area contributed by atoms with Crippen molar-refractivity contribution in [3.8, 4) is 17.1 Å². The normalized spacial score (nSPS) is 14.9. The number of hydrogen-bond acceptors (Lipinski definition) is 8. The number of rotatable bonds is 9. The van der Waals surface area contributed by atoms with Gasteiger partial charge in [-0.25, -0.2) is 14.6 Å². The Morgan fingerprint density at radius 1 is 1.17 bits per heavy atom. The zero-order valence-corrected chi connectivity index (χ0v) is 24.6. The Kier molecular flexibility index (Phi) is 8.46. The van der Waals surface area contributed by atoms with Crippen LogP contribution in [0.2, 0.25) is 5.02 Å². The SMILES string of the molecule is CCCOc1ccccc1[C@H]1C(C(=O)OCC)=C(C)N=c2s/c(=C/c3ccc(-c4ccc(Cl)c(C(=O)O)c4)o3)c(=O)n21. The van der Waals surface area contributed by atoms with Crippen molar-refractivity contribution in [2.24, 2.45) is 4.99 Å². The largest absolute Gasteiger partial charge is 0.493 e. The van der Waals surface area contributed by atoms with E-state index in [1.165, 1.54) is 28.0 Å². The number of halogens is 1. The number of fused-ring (bicyclic) bond motifs is 1. The third kappa shape index (κ3) is 5.55. The van der Waals surface area contributed by atoms with E-state index in [2.05, 4.69) is 4.99 Å². The van der Waals surface area contributed by atoms with Crippen molar-refractivity contribution in [1.82, 2.24) is 4.57 Å². The maximum atomic E-state index is 13.9. The predicted octanol–water partition coefficient (Wildman–Crippen LogP) is 5.20. The maximum Gasteiger partial charge on any atom is 0.338 e. The van der Waals surface area contributed by atoms with E-state index in [-0.39, 0.29) is 28.3 Å². The molecule has 5 rings (SSSR count). The number of aromatic nitrogens is 1. The number of hydrogen-bond donors (Lipinski definition) is 1. The third-order valence-corrected chi connectivity index (χ3v) is 7.89. The standard InChI is InChI=1S/C31H27ClN2O7S/c1-4-14-40-24-9-7-6-8-20(24)27-26(30(38)39-5-2)17(3)33-31-34(27)28(35)25(42-31)16-19-11-13-23(41-19)18-10-12-22(32)21(15-18)29(36)37/h6-13,15-16,27H,4-5,14H2,1-3H3,(H,36,37)/b25-16+/t27-/m0/s1. The number of carboxylic acid groups (broad SMARTS) is 1. The smallest absolute Gasteiger partial charge is 0.338 e. The van der Waals surface area contributed by atoms with Gasteiger partial charge in [0, 0.05) is 17.2 Å². The second-order valence-corrected chi connectivity index (χ2v) is 10.8. The van der Waals surface area contributed by atoms with Crippen molar-refractivity contribution >= 4 is 41.0 Å². The molecule has 0 fully saturated rings. The quantitative estimate of drug-likeness (QED) is 0.260. The van der Waals surface area contributed by atoms with E-state index < -0.39 is 18.0 Å². The van der Waals surface area contributed by atoms with Crippen LogP contribution in [-0.4, -0.2) is 34.8 Å². The van der Waals surface area contributed by atoms with Gasteiger partial charge in [0.2, 0.25) is 0 Å². The molecule has 1 aliphatic heterocycles. The zero-order chi connectivity index (χ0) is 30.0. The molecule has 2 aromatic heterocycles. The van der Waals surface area contributed by atoms with Gasteiger partial charge < -0.3 is 19.0 Å². The van der Waals surface area contributed by atoms with E-state index >= 15 is 0 Å². The van der Waals surface area contributed by atoms with Crippen molar-refractivity contribution in [3.63, 3.8) is 0 Å². The highest BCUT2D eigenvalue weighted by Gasteiger charge is 2.35. The molecule has 1 atom stereocenters. The molecule has 0 saturated heterocycles. The van der Waals surface area contributed by atoms with Crippen LogP contribution in [0.4, 0.5) is 0 Å². The molecule has 0 radical (unpaired) electrons. The van der Waals surface area contributed by atoms with Crippen LogP contribution in [0.3, 0.4) is 0 Å². The van der Waals surface area contributed by atoms with Crippen LogP contribution >= 0.6 is 22.9 Å². The van der Waals surface area contributed by atoms with Gasteiger partial charge in [-0.05, 0) is 56.7 Å². The molecule has 1 N–H and O–H groups in total. The number of carbonyl (C=O) groups is 2. The number of benzene rings is 2. The lowest BCUT2D eigenvalue weighted by atomic mass is 9.95. The van der Waals surface area contributed by atoms with Gasteiger partial charge in [0.1, 0.15) is 23.3 Å². The highest BCUT2D eigenvalue weighted by molar-refractivity contribution is 7.07. The molecule has 3 heterocycles. The average Bonchev–Trinajstić information content (AvgIpc) is 3.55. The van der Waals surface area contributed by atoms with Crippen LogP contribution in [0.15, 0.2) is 80.1 Å². The number of thiazole rings is 1. The Hall–Kier alpha value is -4.41. The molecule has 1 aliphatic rings. The molecule has 42 heavy (non-hydrogen) atoms. The van der Waals surface area contributed by atoms with E-state index in [1.807, 2.05) is 31.2 Å². The Balaban J connectivity index is 1.63. The van der Waals surface area contributed by atoms with E-state index in [1.54, 1.807) is 38.1 Å². The van der Waals surface area contributed by atoms with Crippen molar-refractivity contribution in [2.45, 2.75) is 33.2 Å². The van der Waals surface area contributed by atoms with Crippen LogP contribution < -0.4 is 19.6 Å². The predicted molar refractivity (Wildman–Crippen MR) is 159 cm³/mol. The van der Waals surface area contributed by atoms with Gasteiger partial charge in [-0.2, -0.15) is 0 Å². The molecular weight excluding hydrogens is 580 g/mol. The molecule has 9 nitrogen and oxygen atoms in total. The molecule has 0 aliphatic carbocycles. The van der Waals surface area contributed by atoms with Crippen molar-refractivity contribution in [1.29, 1.82) is 0 Å². The third-order valence-electron chi connectivity index (χ3n) is 6.57. The fourth-order valence-corrected chi connectivity index (χ4v) is 5.92. The van der Waals surface area contributed by atoms with Crippen molar-refractivity contribution < 1.29 is 28.6 Å². The van der Waals surface area contributed by atoms with E-state index in [9.17, 15) is 19.5 Å². The van der Waals surface area contributed by atoms with Crippen LogP contribution in [0.25, 0.3) is 17.4 Å². The summed E-state index contributed by atoms with van der Waals surface area (Å²) in [4.78, 5) is 43.7. The fraction of sp³-hybridized carbons (Fsp3) is 0.226. The van der Waals surface area contributed by atoms with Gasteiger partial charge in [-0.15, -0.1) is 0 Å². The van der Waals surface area contributed by atoms with Gasteiger partial charge in [0.05, 0.1) is 39.6 Å².